The number of hydrogen-bond acceptors (Lipinski definition) is 5. The molecule has 1 saturated heterocycles. The molecule has 0 radical (unpaired) electrons. The molecule has 1 aromatic carbocycles. The third-order valence-electron chi connectivity index (χ3n) is 3.68. The van der Waals surface area contributed by atoms with Gasteiger partial charge in [-0.15, -0.1) is 0 Å². The van der Waals surface area contributed by atoms with Crippen LogP contribution >= 0.6 is 0 Å². The highest BCUT2D eigenvalue weighted by Crippen LogP contribution is 2.31. The first kappa shape index (κ1) is 15.8. The number of halogens is 3. The fraction of sp³-hybridized carbons (Fsp3) is 0.467. The first-order valence-electron chi connectivity index (χ1n) is 7.26. The van der Waals surface area contributed by atoms with Crippen LogP contribution in [0.15, 0.2) is 18.2 Å². The second-order valence-corrected chi connectivity index (χ2v) is 5.29. The summed E-state index contributed by atoms with van der Waals surface area (Å²) in [4.78, 5) is 7.25. The van der Waals surface area contributed by atoms with E-state index in [-0.39, 0.29) is 17.4 Å². The van der Waals surface area contributed by atoms with Gasteiger partial charge in [-0.25, -0.2) is 9.97 Å². The number of aromatic nitrogens is 2. The Kier molecular flexibility index (Phi) is 4.25. The SMILES string of the molecule is COc1ccc2c(NCC3CCCO3)nc(C(F)(F)F)nc2c1. The zero-order chi connectivity index (χ0) is 16.4. The number of nitrogens with one attached hydrogen (secondary N) is 1. The number of hydrogen-bond donors (Lipinski definition) is 1. The van der Waals surface area contributed by atoms with Crippen LogP contribution in [-0.4, -0.2) is 36.3 Å². The Morgan fingerprint density at radius 3 is 2.83 bits per heavy atom. The lowest BCUT2D eigenvalue weighted by molar-refractivity contribution is -0.144. The van der Waals surface area contributed by atoms with E-state index in [0.717, 1.165) is 12.8 Å². The smallest absolute Gasteiger partial charge is 0.451 e. The summed E-state index contributed by atoms with van der Waals surface area (Å²) in [6.45, 7) is 1.09. The minimum atomic E-state index is -4.61. The Morgan fingerprint density at radius 2 is 2.17 bits per heavy atom. The van der Waals surface area contributed by atoms with Crippen molar-refractivity contribution in [3.63, 3.8) is 0 Å². The van der Waals surface area contributed by atoms with Gasteiger partial charge in [0, 0.05) is 24.6 Å². The van der Waals surface area contributed by atoms with Crippen molar-refractivity contribution in [2.24, 2.45) is 0 Å². The molecule has 124 valence electrons. The lowest BCUT2D eigenvalue weighted by Crippen LogP contribution is -2.20. The Bertz CT molecular complexity index is 700. The summed E-state index contributed by atoms with van der Waals surface area (Å²) in [7, 11) is 1.45. The molecular formula is C15H16F3N3O2. The van der Waals surface area contributed by atoms with Crippen molar-refractivity contribution in [3.05, 3.63) is 24.0 Å². The quantitative estimate of drug-likeness (QED) is 0.934. The van der Waals surface area contributed by atoms with Crippen LogP contribution in [0.4, 0.5) is 19.0 Å². The van der Waals surface area contributed by atoms with Gasteiger partial charge in [-0.1, -0.05) is 0 Å². The van der Waals surface area contributed by atoms with E-state index in [1.54, 1.807) is 12.1 Å². The number of methoxy groups -OCH3 is 1. The zero-order valence-electron chi connectivity index (χ0n) is 12.5. The third kappa shape index (κ3) is 3.47. The average Bonchev–Trinajstić information content (AvgIpc) is 3.04. The van der Waals surface area contributed by atoms with E-state index in [0.29, 0.717) is 24.3 Å². The van der Waals surface area contributed by atoms with E-state index >= 15 is 0 Å². The molecule has 23 heavy (non-hydrogen) atoms. The Labute approximate surface area is 130 Å². The molecule has 2 aromatic rings. The predicted octanol–water partition coefficient (Wildman–Crippen LogP) is 3.25. The first-order chi connectivity index (χ1) is 11.0. The molecule has 0 aliphatic carbocycles. The van der Waals surface area contributed by atoms with Gasteiger partial charge >= 0.3 is 6.18 Å². The highest BCUT2D eigenvalue weighted by atomic mass is 19.4. The molecule has 1 fully saturated rings. The van der Waals surface area contributed by atoms with Crippen molar-refractivity contribution in [2.45, 2.75) is 25.1 Å². The topological polar surface area (TPSA) is 56.3 Å². The summed E-state index contributed by atoms with van der Waals surface area (Å²) in [6, 6.07) is 4.77. The van der Waals surface area contributed by atoms with Gasteiger partial charge in [0.2, 0.25) is 5.82 Å². The number of fused-ring (bicyclic) bond motifs is 1. The Morgan fingerprint density at radius 1 is 1.35 bits per heavy atom. The molecule has 0 amide bonds. The van der Waals surface area contributed by atoms with Crippen LogP contribution < -0.4 is 10.1 Å². The van der Waals surface area contributed by atoms with Crippen molar-refractivity contribution in [3.8, 4) is 5.75 Å². The lowest BCUT2D eigenvalue weighted by atomic mass is 10.2. The van der Waals surface area contributed by atoms with Crippen LogP contribution in [0.5, 0.6) is 5.75 Å². The van der Waals surface area contributed by atoms with Gasteiger partial charge < -0.3 is 14.8 Å². The van der Waals surface area contributed by atoms with Gasteiger partial charge in [0.15, 0.2) is 0 Å². The van der Waals surface area contributed by atoms with Crippen molar-refractivity contribution < 1.29 is 22.6 Å². The maximum absolute atomic E-state index is 13.0. The predicted molar refractivity (Wildman–Crippen MR) is 78.6 cm³/mol. The number of rotatable bonds is 4. The monoisotopic (exact) mass is 327 g/mol. The summed E-state index contributed by atoms with van der Waals surface area (Å²) >= 11 is 0. The van der Waals surface area contributed by atoms with Crippen LogP contribution in [0, 0.1) is 0 Å². The van der Waals surface area contributed by atoms with E-state index in [4.69, 9.17) is 9.47 Å². The van der Waals surface area contributed by atoms with Crippen molar-refractivity contribution >= 4 is 16.7 Å². The number of anilines is 1. The van der Waals surface area contributed by atoms with E-state index in [1.165, 1.54) is 13.2 Å². The van der Waals surface area contributed by atoms with Crippen LogP contribution in [0.25, 0.3) is 10.9 Å². The normalized spacial score (nSPS) is 18.3. The fourth-order valence-electron chi connectivity index (χ4n) is 2.51. The summed E-state index contributed by atoms with van der Waals surface area (Å²) < 4.78 is 49.6. The molecule has 1 aliphatic rings. The van der Waals surface area contributed by atoms with Gasteiger partial charge in [0.05, 0.1) is 18.7 Å². The maximum atomic E-state index is 13.0. The van der Waals surface area contributed by atoms with E-state index in [9.17, 15) is 13.2 Å². The molecule has 3 rings (SSSR count). The molecule has 5 nitrogen and oxygen atoms in total. The maximum Gasteiger partial charge on any atom is 0.451 e. The van der Waals surface area contributed by atoms with Gasteiger partial charge in [-0.3, -0.25) is 0 Å². The van der Waals surface area contributed by atoms with Crippen molar-refractivity contribution in [1.29, 1.82) is 0 Å². The molecule has 8 heteroatoms. The molecule has 2 heterocycles. The number of ether oxygens (including phenoxy) is 2. The number of nitrogens with zero attached hydrogens (tertiary/aromatic N) is 2. The fourth-order valence-corrected chi connectivity index (χ4v) is 2.51. The molecular weight excluding hydrogens is 311 g/mol. The number of benzene rings is 1. The van der Waals surface area contributed by atoms with Crippen LogP contribution in [0.3, 0.4) is 0 Å². The van der Waals surface area contributed by atoms with Crippen molar-refractivity contribution in [1.82, 2.24) is 9.97 Å². The van der Waals surface area contributed by atoms with Crippen LogP contribution in [0.1, 0.15) is 18.7 Å². The van der Waals surface area contributed by atoms with E-state index in [2.05, 4.69) is 15.3 Å². The largest absolute Gasteiger partial charge is 0.497 e. The molecule has 0 saturated carbocycles. The second kappa shape index (κ2) is 6.19. The standard InChI is InChI=1S/C15H16F3N3O2/c1-22-9-4-5-11-12(7-9)20-14(15(16,17)18)21-13(11)19-8-10-3-2-6-23-10/h4-5,7,10H,2-3,6,8H2,1H3,(H,19,20,21). The zero-order valence-corrected chi connectivity index (χ0v) is 12.5. The van der Waals surface area contributed by atoms with E-state index < -0.39 is 12.0 Å². The third-order valence-corrected chi connectivity index (χ3v) is 3.68. The van der Waals surface area contributed by atoms with E-state index in [1.807, 2.05) is 0 Å². The molecule has 1 unspecified atom stereocenters. The van der Waals surface area contributed by atoms with Crippen LogP contribution in [0.2, 0.25) is 0 Å². The van der Waals surface area contributed by atoms with Crippen molar-refractivity contribution in [2.75, 3.05) is 25.6 Å². The van der Waals surface area contributed by atoms with Gasteiger partial charge in [0.1, 0.15) is 11.6 Å². The summed E-state index contributed by atoms with van der Waals surface area (Å²) in [5.74, 6) is -0.581. The lowest BCUT2D eigenvalue weighted by Gasteiger charge is -2.15. The van der Waals surface area contributed by atoms with Crippen LogP contribution in [-0.2, 0) is 10.9 Å². The molecule has 1 atom stereocenters. The first-order valence-corrected chi connectivity index (χ1v) is 7.26. The molecule has 1 aromatic heterocycles. The minimum absolute atomic E-state index is 0.00685. The molecule has 1 N–H and O–H groups in total. The molecule has 0 spiro atoms. The van der Waals surface area contributed by atoms with Gasteiger partial charge in [-0.2, -0.15) is 13.2 Å². The second-order valence-electron chi connectivity index (χ2n) is 5.29. The summed E-state index contributed by atoms with van der Waals surface area (Å²) in [6.07, 6.45) is -2.78. The Hall–Kier alpha value is -2.09. The Balaban J connectivity index is 1.98. The summed E-state index contributed by atoms with van der Waals surface area (Å²) in [5, 5.41) is 3.47. The highest BCUT2D eigenvalue weighted by Gasteiger charge is 2.35. The van der Waals surface area contributed by atoms with Gasteiger partial charge in [0.25, 0.3) is 0 Å². The minimum Gasteiger partial charge on any atom is -0.497 e. The molecule has 0 bridgehead atoms. The summed E-state index contributed by atoms with van der Waals surface area (Å²) in [5.41, 5.74) is 0.182. The number of alkyl halides is 3. The average molecular weight is 327 g/mol. The highest BCUT2D eigenvalue weighted by molar-refractivity contribution is 5.90. The van der Waals surface area contributed by atoms with Gasteiger partial charge in [-0.05, 0) is 25.0 Å². The molecule has 1 aliphatic heterocycles.